The number of hydrogen-bond acceptors (Lipinski definition) is 4. The van der Waals surface area contributed by atoms with Crippen LogP contribution in [-0.4, -0.2) is 60.4 Å². The van der Waals surface area contributed by atoms with Crippen LogP contribution in [0.2, 0.25) is 0 Å². The molecule has 6 heteroatoms. The summed E-state index contributed by atoms with van der Waals surface area (Å²) in [6.07, 6.45) is 2.04. The van der Waals surface area contributed by atoms with E-state index in [0.717, 1.165) is 24.3 Å². The van der Waals surface area contributed by atoms with Gasteiger partial charge in [-0.15, -0.1) is 0 Å². The summed E-state index contributed by atoms with van der Waals surface area (Å²) in [7, 11) is 0. The predicted molar refractivity (Wildman–Crippen MR) is 119 cm³/mol. The number of rotatable bonds is 4. The monoisotopic (exact) mass is 415 g/mol. The maximum Gasteiger partial charge on any atom is 0.289 e. The van der Waals surface area contributed by atoms with E-state index < -0.39 is 0 Å². The van der Waals surface area contributed by atoms with Gasteiger partial charge in [0.1, 0.15) is 0 Å². The van der Waals surface area contributed by atoms with E-state index >= 15 is 0 Å². The maximum absolute atomic E-state index is 12.7. The van der Waals surface area contributed by atoms with Crippen molar-refractivity contribution in [3.63, 3.8) is 0 Å². The van der Waals surface area contributed by atoms with Crippen molar-refractivity contribution in [1.82, 2.24) is 9.80 Å². The van der Waals surface area contributed by atoms with Gasteiger partial charge in [0.25, 0.3) is 5.91 Å². The Morgan fingerprint density at radius 3 is 2.23 bits per heavy atom. The van der Waals surface area contributed by atoms with Crippen molar-refractivity contribution in [2.24, 2.45) is 0 Å². The van der Waals surface area contributed by atoms with Crippen LogP contribution in [0.5, 0.6) is 0 Å². The van der Waals surface area contributed by atoms with Crippen molar-refractivity contribution in [3.8, 4) is 11.1 Å². The molecule has 2 aliphatic heterocycles. The molecule has 0 saturated carbocycles. The molecule has 2 aliphatic rings. The number of carbonyl (C=O) groups excluding carboxylic acids is 2. The molecule has 3 aromatic rings. The van der Waals surface area contributed by atoms with Crippen LogP contribution >= 0.6 is 0 Å². The molecule has 3 heterocycles. The molecule has 2 amide bonds. The van der Waals surface area contributed by atoms with Crippen LogP contribution in [0.4, 0.5) is 5.69 Å². The Morgan fingerprint density at radius 2 is 1.55 bits per heavy atom. The fraction of sp³-hybridized carbons (Fsp3) is 0.280. The number of amides is 2. The van der Waals surface area contributed by atoms with Crippen LogP contribution in [0.1, 0.15) is 17.0 Å². The molecule has 0 N–H and O–H groups in total. The Balaban J connectivity index is 1.20. The largest absolute Gasteiger partial charge is 0.459 e. The molecule has 0 unspecified atom stereocenters. The zero-order valence-electron chi connectivity index (χ0n) is 17.3. The van der Waals surface area contributed by atoms with Crippen LogP contribution in [0, 0.1) is 0 Å². The van der Waals surface area contributed by atoms with Gasteiger partial charge in [-0.05, 0) is 35.4 Å². The summed E-state index contributed by atoms with van der Waals surface area (Å²) in [5.74, 6) is 0.480. The first-order valence-electron chi connectivity index (χ1n) is 10.7. The highest BCUT2D eigenvalue weighted by Crippen LogP contribution is 2.28. The number of piperazine rings is 1. The van der Waals surface area contributed by atoms with Gasteiger partial charge in [-0.2, -0.15) is 0 Å². The summed E-state index contributed by atoms with van der Waals surface area (Å²) < 4.78 is 5.23. The van der Waals surface area contributed by atoms with Gasteiger partial charge in [-0.1, -0.05) is 42.5 Å². The first-order chi connectivity index (χ1) is 15.2. The summed E-state index contributed by atoms with van der Waals surface area (Å²) in [6.45, 7) is 3.53. The van der Waals surface area contributed by atoms with E-state index in [1.54, 1.807) is 12.1 Å². The summed E-state index contributed by atoms with van der Waals surface area (Å²) in [5.41, 5.74) is 3.25. The van der Waals surface area contributed by atoms with Crippen LogP contribution in [-0.2, 0) is 4.79 Å². The Kier molecular flexibility index (Phi) is 5.30. The molecule has 5 rings (SSSR count). The first-order valence-corrected chi connectivity index (χ1v) is 10.7. The second-order valence-corrected chi connectivity index (χ2v) is 8.08. The molecule has 0 aliphatic carbocycles. The number of anilines is 1. The molecule has 6 nitrogen and oxygen atoms in total. The van der Waals surface area contributed by atoms with Gasteiger partial charge >= 0.3 is 0 Å². The number of benzene rings is 2. The second-order valence-electron chi connectivity index (χ2n) is 8.08. The Morgan fingerprint density at radius 1 is 0.839 bits per heavy atom. The lowest BCUT2D eigenvalue weighted by molar-refractivity contribution is -0.117. The van der Waals surface area contributed by atoms with Crippen molar-refractivity contribution in [2.75, 3.05) is 37.6 Å². The molecule has 1 atom stereocenters. The van der Waals surface area contributed by atoms with Crippen molar-refractivity contribution >= 4 is 17.5 Å². The maximum atomic E-state index is 12.7. The SMILES string of the molecule is O=C(c1ccco1)N1CCN([C@@H]2CC(=O)N(c3ccc(-c4ccccc4)cc3)C2)CC1. The minimum absolute atomic E-state index is 0.0627. The lowest BCUT2D eigenvalue weighted by Gasteiger charge is -2.37. The number of carbonyl (C=O) groups is 2. The summed E-state index contributed by atoms with van der Waals surface area (Å²) >= 11 is 0. The third-order valence-electron chi connectivity index (χ3n) is 6.24. The molecule has 0 radical (unpaired) electrons. The highest BCUT2D eigenvalue weighted by atomic mass is 16.3. The van der Waals surface area contributed by atoms with Crippen molar-refractivity contribution < 1.29 is 14.0 Å². The average Bonchev–Trinajstić information content (AvgIpc) is 3.50. The average molecular weight is 415 g/mol. The van der Waals surface area contributed by atoms with E-state index in [-0.39, 0.29) is 17.9 Å². The molecule has 1 aromatic heterocycles. The minimum Gasteiger partial charge on any atom is -0.459 e. The lowest BCUT2D eigenvalue weighted by Crippen LogP contribution is -2.52. The molecule has 2 saturated heterocycles. The van der Waals surface area contributed by atoms with E-state index in [4.69, 9.17) is 4.42 Å². The fourth-order valence-electron chi connectivity index (χ4n) is 4.49. The number of furan rings is 1. The molecule has 2 fully saturated rings. The fourth-order valence-corrected chi connectivity index (χ4v) is 4.49. The summed E-state index contributed by atoms with van der Waals surface area (Å²) in [4.78, 5) is 31.2. The number of nitrogens with zero attached hydrogens (tertiary/aromatic N) is 3. The van der Waals surface area contributed by atoms with Gasteiger partial charge in [-0.25, -0.2) is 0 Å². The summed E-state index contributed by atoms with van der Waals surface area (Å²) in [5, 5.41) is 0. The van der Waals surface area contributed by atoms with Crippen molar-refractivity contribution in [2.45, 2.75) is 12.5 Å². The topological polar surface area (TPSA) is 57.0 Å². The Labute approximate surface area is 181 Å². The molecule has 31 heavy (non-hydrogen) atoms. The van der Waals surface area contributed by atoms with Crippen LogP contribution in [0.3, 0.4) is 0 Å². The van der Waals surface area contributed by atoms with Gasteiger partial charge in [0.05, 0.1) is 6.26 Å². The van der Waals surface area contributed by atoms with E-state index in [2.05, 4.69) is 29.2 Å². The van der Waals surface area contributed by atoms with E-state index in [1.807, 2.05) is 40.1 Å². The van der Waals surface area contributed by atoms with Gasteiger partial charge in [0, 0.05) is 50.9 Å². The van der Waals surface area contributed by atoms with E-state index in [9.17, 15) is 9.59 Å². The minimum atomic E-state index is -0.0627. The van der Waals surface area contributed by atoms with Crippen LogP contribution in [0.15, 0.2) is 77.4 Å². The van der Waals surface area contributed by atoms with Crippen molar-refractivity contribution in [1.29, 1.82) is 0 Å². The van der Waals surface area contributed by atoms with Crippen molar-refractivity contribution in [3.05, 3.63) is 78.8 Å². The smallest absolute Gasteiger partial charge is 0.289 e. The summed E-state index contributed by atoms with van der Waals surface area (Å²) in [6, 6.07) is 22.1. The molecular weight excluding hydrogens is 390 g/mol. The first kappa shape index (κ1) is 19.6. The highest BCUT2D eigenvalue weighted by Gasteiger charge is 2.36. The molecule has 0 bridgehead atoms. The van der Waals surface area contributed by atoms with Gasteiger partial charge in [0.2, 0.25) is 5.91 Å². The third-order valence-corrected chi connectivity index (χ3v) is 6.24. The quantitative estimate of drug-likeness (QED) is 0.654. The van der Waals surface area contributed by atoms with Gasteiger partial charge < -0.3 is 14.2 Å². The molecular formula is C25H25N3O3. The second kappa shape index (κ2) is 8.40. The molecule has 0 spiro atoms. The number of hydrogen-bond donors (Lipinski definition) is 0. The third kappa shape index (κ3) is 3.99. The Hall–Kier alpha value is -3.38. The van der Waals surface area contributed by atoms with Gasteiger partial charge in [-0.3, -0.25) is 14.5 Å². The normalized spacial score (nSPS) is 19.7. The van der Waals surface area contributed by atoms with Crippen LogP contribution < -0.4 is 4.90 Å². The van der Waals surface area contributed by atoms with Crippen LogP contribution in [0.25, 0.3) is 11.1 Å². The molecule has 2 aromatic carbocycles. The molecule has 158 valence electrons. The van der Waals surface area contributed by atoms with E-state index in [0.29, 0.717) is 31.8 Å². The standard InChI is InChI=1S/C25H25N3O3/c29-24-17-22(26-12-14-27(15-13-26)25(30)23-7-4-16-31-23)18-28(24)21-10-8-20(9-11-21)19-5-2-1-3-6-19/h1-11,16,22H,12-15,17-18H2/t22-/m1/s1. The van der Waals surface area contributed by atoms with E-state index in [1.165, 1.54) is 11.8 Å². The zero-order valence-corrected chi connectivity index (χ0v) is 17.3. The Bertz CT molecular complexity index is 1040. The van der Waals surface area contributed by atoms with Gasteiger partial charge in [0.15, 0.2) is 5.76 Å². The zero-order chi connectivity index (χ0) is 21.2. The predicted octanol–water partition coefficient (Wildman–Crippen LogP) is 3.51. The lowest BCUT2D eigenvalue weighted by atomic mass is 10.1. The highest BCUT2D eigenvalue weighted by molar-refractivity contribution is 5.96.